The van der Waals surface area contributed by atoms with E-state index in [0.29, 0.717) is 0 Å². The van der Waals surface area contributed by atoms with Gasteiger partial charge >= 0.3 is 5.69 Å². The zero-order valence-corrected chi connectivity index (χ0v) is 10.1. The summed E-state index contributed by atoms with van der Waals surface area (Å²) in [4.78, 5) is 16.5. The maximum atomic E-state index is 11.1. The zero-order chi connectivity index (χ0) is 12.5. The molecule has 0 radical (unpaired) electrons. The van der Waals surface area contributed by atoms with Gasteiger partial charge < -0.3 is 21.0 Å². The van der Waals surface area contributed by atoms with E-state index < -0.39 is 0 Å². The van der Waals surface area contributed by atoms with Crippen LogP contribution in [0.4, 0.5) is 5.69 Å². The smallest absolute Gasteiger partial charge is 0.323 e. The van der Waals surface area contributed by atoms with Crippen LogP contribution in [0, 0.1) is 0 Å². The summed E-state index contributed by atoms with van der Waals surface area (Å²) in [7, 11) is 0. The minimum absolute atomic E-state index is 0.167. The Bertz CT molecular complexity index is 562. The van der Waals surface area contributed by atoms with Crippen LogP contribution in [-0.4, -0.2) is 22.1 Å². The number of imidazole rings is 1. The lowest BCUT2D eigenvalue weighted by Crippen LogP contribution is -2.34. The number of benzene rings is 1. The number of hydrogen-bond acceptors (Lipinski definition) is 3. The summed E-state index contributed by atoms with van der Waals surface area (Å²) in [5, 5.41) is 3.29. The second kappa shape index (κ2) is 4.25. The van der Waals surface area contributed by atoms with Gasteiger partial charge in [0, 0.05) is 17.8 Å². The van der Waals surface area contributed by atoms with Crippen molar-refractivity contribution < 1.29 is 0 Å². The first kappa shape index (κ1) is 11.7. The van der Waals surface area contributed by atoms with Crippen LogP contribution in [0.1, 0.15) is 20.3 Å². The van der Waals surface area contributed by atoms with Crippen molar-refractivity contribution in [1.82, 2.24) is 9.97 Å². The lowest BCUT2D eigenvalue weighted by atomic mass is 10.0. The highest BCUT2D eigenvalue weighted by Gasteiger charge is 2.09. The Morgan fingerprint density at radius 1 is 1.29 bits per heavy atom. The van der Waals surface area contributed by atoms with Crippen molar-refractivity contribution in [1.29, 1.82) is 0 Å². The van der Waals surface area contributed by atoms with Crippen LogP contribution in [0.15, 0.2) is 23.0 Å². The molecule has 17 heavy (non-hydrogen) atoms. The van der Waals surface area contributed by atoms with Crippen molar-refractivity contribution in [2.45, 2.75) is 25.8 Å². The van der Waals surface area contributed by atoms with E-state index in [1.165, 1.54) is 0 Å². The Morgan fingerprint density at radius 2 is 2.00 bits per heavy atom. The van der Waals surface area contributed by atoms with Crippen molar-refractivity contribution in [2.75, 3.05) is 11.9 Å². The maximum Gasteiger partial charge on any atom is 0.323 e. The van der Waals surface area contributed by atoms with Crippen molar-refractivity contribution in [3.63, 3.8) is 0 Å². The third kappa shape index (κ3) is 3.10. The average Bonchev–Trinajstić information content (AvgIpc) is 2.55. The molecule has 1 aromatic carbocycles. The summed E-state index contributed by atoms with van der Waals surface area (Å²) in [6.45, 7) is 4.81. The molecule has 0 spiro atoms. The van der Waals surface area contributed by atoms with E-state index in [2.05, 4.69) is 15.3 Å². The predicted molar refractivity (Wildman–Crippen MR) is 70.3 cm³/mol. The van der Waals surface area contributed by atoms with Gasteiger partial charge in [0.1, 0.15) is 0 Å². The van der Waals surface area contributed by atoms with Crippen molar-refractivity contribution >= 4 is 16.7 Å². The first-order valence-electron chi connectivity index (χ1n) is 5.69. The number of rotatable bonds is 4. The number of H-pyrrole nitrogens is 2. The van der Waals surface area contributed by atoms with Gasteiger partial charge in [0.2, 0.25) is 0 Å². The van der Waals surface area contributed by atoms with Gasteiger partial charge in [0.05, 0.1) is 11.0 Å². The molecule has 0 atom stereocenters. The van der Waals surface area contributed by atoms with Gasteiger partial charge in [-0.1, -0.05) is 0 Å². The second-order valence-electron chi connectivity index (χ2n) is 5.00. The lowest BCUT2D eigenvalue weighted by Gasteiger charge is -2.18. The molecule has 92 valence electrons. The Kier molecular flexibility index (Phi) is 2.93. The first-order chi connectivity index (χ1) is 7.94. The standard InChI is InChI=1S/C12H18N4O/c1-12(2,13)5-6-14-8-3-4-9-10(7-8)16-11(17)15-9/h3-4,7,14H,5-6,13H2,1-2H3,(H2,15,16,17). The molecule has 5 N–H and O–H groups in total. The van der Waals surface area contributed by atoms with E-state index in [9.17, 15) is 4.79 Å². The molecule has 0 aliphatic heterocycles. The minimum atomic E-state index is -0.180. The molecular weight excluding hydrogens is 216 g/mol. The molecule has 5 nitrogen and oxygen atoms in total. The molecule has 0 unspecified atom stereocenters. The van der Waals surface area contributed by atoms with Crippen molar-refractivity contribution in [2.24, 2.45) is 5.73 Å². The van der Waals surface area contributed by atoms with E-state index in [1.807, 2.05) is 32.0 Å². The van der Waals surface area contributed by atoms with Crippen LogP contribution in [-0.2, 0) is 0 Å². The highest BCUT2D eigenvalue weighted by molar-refractivity contribution is 5.78. The minimum Gasteiger partial charge on any atom is -0.385 e. The Morgan fingerprint density at radius 3 is 2.71 bits per heavy atom. The molecule has 0 fully saturated rings. The molecule has 5 heteroatoms. The summed E-state index contributed by atoms with van der Waals surface area (Å²) >= 11 is 0. The number of hydrogen-bond donors (Lipinski definition) is 4. The molecule has 2 rings (SSSR count). The maximum absolute atomic E-state index is 11.1. The van der Waals surface area contributed by atoms with Crippen LogP contribution in [0.3, 0.4) is 0 Å². The summed E-state index contributed by atoms with van der Waals surface area (Å²) in [5.41, 5.74) is 8.17. The molecular formula is C12H18N4O. The van der Waals surface area contributed by atoms with Crippen molar-refractivity contribution in [3.8, 4) is 0 Å². The summed E-state index contributed by atoms with van der Waals surface area (Å²) < 4.78 is 0. The van der Waals surface area contributed by atoms with Crippen molar-refractivity contribution in [3.05, 3.63) is 28.7 Å². The third-order valence-corrected chi connectivity index (χ3v) is 2.61. The second-order valence-corrected chi connectivity index (χ2v) is 5.00. The number of anilines is 1. The van der Waals surface area contributed by atoms with E-state index in [0.717, 1.165) is 29.7 Å². The normalized spacial score (nSPS) is 11.9. The largest absolute Gasteiger partial charge is 0.385 e. The molecule has 0 aliphatic rings. The molecule has 0 saturated carbocycles. The lowest BCUT2D eigenvalue weighted by molar-refractivity contribution is 0.491. The Balaban J connectivity index is 2.06. The molecule has 0 bridgehead atoms. The van der Waals surface area contributed by atoms with E-state index in [-0.39, 0.29) is 11.2 Å². The fourth-order valence-electron chi connectivity index (χ4n) is 1.67. The molecule has 1 heterocycles. The van der Waals surface area contributed by atoms with Gasteiger partial charge in [-0.05, 0) is 38.5 Å². The topological polar surface area (TPSA) is 86.7 Å². The Hall–Kier alpha value is -1.75. The number of nitrogens with one attached hydrogen (secondary N) is 3. The first-order valence-corrected chi connectivity index (χ1v) is 5.69. The van der Waals surface area contributed by atoms with Crippen LogP contribution < -0.4 is 16.7 Å². The number of nitrogens with two attached hydrogens (primary N) is 1. The van der Waals surface area contributed by atoms with Crippen LogP contribution in [0.5, 0.6) is 0 Å². The van der Waals surface area contributed by atoms with Crippen LogP contribution in [0.2, 0.25) is 0 Å². The molecule has 2 aromatic rings. The van der Waals surface area contributed by atoms with E-state index >= 15 is 0 Å². The van der Waals surface area contributed by atoms with E-state index in [4.69, 9.17) is 5.73 Å². The summed E-state index contributed by atoms with van der Waals surface area (Å²) in [6.07, 6.45) is 0.884. The number of fused-ring (bicyclic) bond motifs is 1. The molecule has 0 saturated heterocycles. The highest BCUT2D eigenvalue weighted by Crippen LogP contribution is 2.15. The summed E-state index contributed by atoms with van der Waals surface area (Å²) in [5.74, 6) is 0. The predicted octanol–water partition coefficient (Wildman–Crippen LogP) is 1.40. The van der Waals surface area contributed by atoms with Gasteiger partial charge in [-0.3, -0.25) is 0 Å². The quantitative estimate of drug-likeness (QED) is 0.645. The summed E-state index contributed by atoms with van der Waals surface area (Å²) in [6, 6.07) is 5.73. The Labute approximate surface area is 99.4 Å². The fourth-order valence-corrected chi connectivity index (χ4v) is 1.67. The van der Waals surface area contributed by atoms with Gasteiger partial charge in [-0.15, -0.1) is 0 Å². The molecule has 1 aromatic heterocycles. The van der Waals surface area contributed by atoms with Gasteiger partial charge in [0.25, 0.3) is 0 Å². The van der Waals surface area contributed by atoms with E-state index in [1.54, 1.807) is 0 Å². The number of aromatic amines is 2. The van der Waals surface area contributed by atoms with Gasteiger partial charge in [-0.2, -0.15) is 0 Å². The van der Waals surface area contributed by atoms with Crippen LogP contribution in [0.25, 0.3) is 11.0 Å². The average molecular weight is 234 g/mol. The molecule has 0 aliphatic carbocycles. The third-order valence-electron chi connectivity index (χ3n) is 2.61. The van der Waals surface area contributed by atoms with Gasteiger partial charge in [-0.25, -0.2) is 4.79 Å². The van der Waals surface area contributed by atoms with Crippen LogP contribution >= 0.6 is 0 Å². The number of aromatic nitrogens is 2. The SMILES string of the molecule is CC(C)(N)CCNc1ccc2[nH]c(=O)[nH]c2c1. The molecule has 0 amide bonds. The van der Waals surface area contributed by atoms with Gasteiger partial charge in [0.15, 0.2) is 0 Å². The highest BCUT2D eigenvalue weighted by atomic mass is 16.1. The fraction of sp³-hybridized carbons (Fsp3) is 0.417. The zero-order valence-electron chi connectivity index (χ0n) is 10.1. The monoisotopic (exact) mass is 234 g/mol.